The second kappa shape index (κ2) is 10.0. The van der Waals surface area contributed by atoms with Crippen LogP contribution in [0, 0.1) is 5.92 Å². The lowest BCUT2D eigenvalue weighted by Crippen LogP contribution is -2.26. The van der Waals surface area contributed by atoms with E-state index in [1.54, 1.807) is 28.0 Å². The Bertz CT molecular complexity index is 633. The first-order chi connectivity index (χ1) is 12.0. The van der Waals surface area contributed by atoms with Crippen molar-refractivity contribution in [1.82, 2.24) is 15.1 Å². The highest BCUT2D eigenvalue weighted by molar-refractivity contribution is 8.04. The summed E-state index contributed by atoms with van der Waals surface area (Å²) in [7, 11) is 1.33. The number of thioether (sulfide) groups is 2. The molecule has 0 aliphatic carbocycles. The van der Waals surface area contributed by atoms with Crippen LogP contribution < -0.4 is 5.32 Å². The van der Waals surface area contributed by atoms with E-state index in [9.17, 15) is 9.59 Å². The number of aromatic nitrogens is 2. The van der Waals surface area contributed by atoms with E-state index in [4.69, 9.17) is 0 Å². The Labute approximate surface area is 160 Å². The van der Waals surface area contributed by atoms with Gasteiger partial charge in [-0.3, -0.25) is 4.79 Å². The van der Waals surface area contributed by atoms with Crippen LogP contribution in [0.5, 0.6) is 0 Å². The van der Waals surface area contributed by atoms with E-state index in [2.05, 4.69) is 34.1 Å². The number of carbonyl (C=O) groups is 2. The maximum Gasteiger partial charge on any atom is 0.333 e. The average molecular weight is 403 g/mol. The van der Waals surface area contributed by atoms with Crippen LogP contribution in [0.15, 0.2) is 15.4 Å². The molecule has 0 spiro atoms. The summed E-state index contributed by atoms with van der Waals surface area (Å²) in [6.07, 6.45) is 2.18. The predicted molar refractivity (Wildman–Crippen MR) is 103 cm³/mol. The Balaban J connectivity index is 1.75. The molecule has 7 nitrogen and oxygen atoms in total. The number of nitrogens with one attached hydrogen (secondary N) is 1. The molecule has 1 aromatic heterocycles. The van der Waals surface area contributed by atoms with E-state index < -0.39 is 5.97 Å². The minimum atomic E-state index is -0.438. The van der Waals surface area contributed by atoms with Gasteiger partial charge in [0.25, 0.3) is 0 Å². The molecular weight excluding hydrogens is 380 g/mol. The highest BCUT2D eigenvalue weighted by Crippen LogP contribution is 2.30. The van der Waals surface area contributed by atoms with Crippen LogP contribution in [0.1, 0.15) is 20.3 Å². The molecule has 1 aliphatic rings. The largest absolute Gasteiger partial charge is 0.466 e. The van der Waals surface area contributed by atoms with Crippen LogP contribution in [-0.4, -0.2) is 58.7 Å². The minimum Gasteiger partial charge on any atom is -0.466 e. The zero-order valence-electron chi connectivity index (χ0n) is 14.5. The standard InChI is InChI=1S/C15H22N4O3S3/c1-10(2)8-16-14-17-18-15(25-14)23-6-4-5-19-11(20)9-24-12(19)7-13(21)22-3/h7,10H,4-6,8-9H2,1-3H3,(H,16,17)/b12-7+. The van der Waals surface area contributed by atoms with Gasteiger partial charge >= 0.3 is 5.97 Å². The van der Waals surface area contributed by atoms with Crippen LogP contribution in [0.25, 0.3) is 0 Å². The summed E-state index contributed by atoms with van der Waals surface area (Å²) >= 11 is 4.54. The number of esters is 1. The van der Waals surface area contributed by atoms with Crippen molar-refractivity contribution < 1.29 is 14.3 Å². The van der Waals surface area contributed by atoms with E-state index in [-0.39, 0.29) is 5.91 Å². The highest BCUT2D eigenvalue weighted by atomic mass is 32.2. The first kappa shape index (κ1) is 20.1. The van der Waals surface area contributed by atoms with Crippen LogP contribution in [0.2, 0.25) is 0 Å². The summed E-state index contributed by atoms with van der Waals surface area (Å²) in [5.74, 6) is 1.35. The van der Waals surface area contributed by atoms with E-state index in [0.29, 0.717) is 23.2 Å². The van der Waals surface area contributed by atoms with Gasteiger partial charge in [0.05, 0.1) is 24.0 Å². The van der Waals surface area contributed by atoms with Gasteiger partial charge in [0.2, 0.25) is 11.0 Å². The van der Waals surface area contributed by atoms with Crippen LogP contribution in [0.3, 0.4) is 0 Å². The maximum absolute atomic E-state index is 11.9. The number of hydrogen-bond donors (Lipinski definition) is 1. The lowest BCUT2D eigenvalue weighted by atomic mass is 10.2. The zero-order valence-corrected chi connectivity index (χ0v) is 16.9. The van der Waals surface area contributed by atoms with Crippen LogP contribution in [-0.2, 0) is 14.3 Å². The molecule has 1 amide bonds. The van der Waals surface area contributed by atoms with E-state index >= 15 is 0 Å². The van der Waals surface area contributed by atoms with E-state index in [0.717, 1.165) is 28.2 Å². The molecular formula is C15H22N4O3S3. The first-order valence-corrected chi connectivity index (χ1v) is 10.7. The lowest BCUT2D eigenvalue weighted by molar-refractivity contribution is -0.134. The summed E-state index contributed by atoms with van der Waals surface area (Å²) in [4.78, 5) is 24.9. The SMILES string of the molecule is COC(=O)/C=C1/SCC(=O)N1CCCSc1nnc(NCC(C)C)s1. The minimum absolute atomic E-state index is 0.0289. The number of anilines is 1. The molecule has 1 aromatic rings. The van der Waals surface area contributed by atoms with Gasteiger partial charge in [0.15, 0.2) is 4.34 Å². The summed E-state index contributed by atoms with van der Waals surface area (Å²) in [6, 6.07) is 0. The van der Waals surface area contributed by atoms with Crippen molar-refractivity contribution in [2.75, 3.05) is 37.0 Å². The molecule has 0 bridgehead atoms. The molecule has 1 saturated heterocycles. The van der Waals surface area contributed by atoms with Gasteiger partial charge in [-0.1, -0.05) is 48.7 Å². The Morgan fingerprint density at radius 2 is 2.28 bits per heavy atom. The molecule has 1 fully saturated rings. The second-order valence-electron chi connectivity index (χ2n) is 5.69. The van der Waals surface area contributed by atoms with Crippen molar-refractivity contribution in [3.63, 3.8) is 0 Å². The molecule has 0 aromatic carbocycles. The Morgan fingerprint density at radius 3 is 3.00 bits per heavy atom. The van der Waals surface area contributed by atoms with Crippen molar-refractivity contribution >= 4 is 51.9 Å². The zero-order chi connectivity index (χ0) is 18.2. The quantitative estimate of drug-likeness (QED) is 0.292. The molecule has 2 heterocycles. The topological polar surface area (TPSA) is 84.4 Å². The summed E-state index contributed by atoms with van der Waals surface area (Å²) in [5.41, 5.74) is 0. The number of ether oxygens (including phenoxy) is 1. The van der Waals surface area contributed by atoms with Crippen molar-refractivity contribution in [1.29, 1.82) is 0 Å². The third kappa shape index (κ3) is 6.52. The fourth-order valence-electron chi connectivity index (χ4n) is 1.94. The maximum atomic E-state index is 11.9. The third-order valence-electron chi connectivity index (χ3n) is 3.17. The number of carbonyl (C=O) groups excluding carboxylic acids is 2. The van der Waals surface area contributed by atoms with Gasteiger partial charge < -0.3 is 15.0 Å². The van der Waals surface area contributed by atoms with Crippen molar-refractivity contribution in [2.24, 2.45) is 5.92 Å². The first-order valence-electron chi connectivity index (χ1n) is 7.92. The summed E-state index contributed by atoms with van der Waals surface area (Å²) in [6.45, 7) is 5.75. The number of hydrogen-bond acceptors (Lipinski definition) is 9. The molecule has 138 valence electrons. The normalized spacial score (nSPS) is 16.1. The molecule has 0 radical (unpaired) electrons. The van der Waals surface area contributed by atoms with Crippen molar-refractivity contribution in [2.45, 2.75) is 24.6 Å². The molecule has 25 heavy (non-hydrogen) atoms. The highest BCUT2D eigenvalue weighted by Gasteiger charge is 2.26. The fraction of sp³-hybridized carbons (Fsp3) is 0.600. The average Bonchev–Trinajstić information content (AvgIpc) is 3.17. The van der Waals surface area contributed by atoms with Gasteiger partial charge in [-0.25, -0.2) is 4.79 Å². The lowest BCUT2D eigenvalue weighted by Gasteiger charge is -2.16. The number of amides is 1. The van der Waals surface area contributed by atoms with Crippen molar-refractivity contribution in [3.05, 3.63) is 11.1 Å². The monoisotopic (exact) mass is 402 g/mol. The van der Waals surface area contributed by atoms with Gasteiger partial charge in [-0.2, -0.15) is 0 Å². The number of rotatable bonds is 9. The molecule has 0 atom stereocenters. The molecule has 10 heteroatoms. The van der Waals surface area contributed by atoms with E-state index in [1.165, 1.54) is 24.9 Å². The Hall–Kier alpha value is -1.26. The van der Waals surface area contributed by atoms with Crippen LogP contribution >= 0.6 is 34.9 Å². The summed E-state index contributed by atoms with van der Waals surface area (Å²) < 4.78 is 5.54. The summed E-state index contributed by atoms with van der Waals surface area (Å²) in [5, 5.41) is 13.0. The van der Waals surface area contributed by atoms with Gasteiger partial charge in [-0.05, 0) is 12.3 Å². The smallest absolute Gasteiger partial charge is 0.333 e. The van der Waals surface area contributed by atoms with Gasteiger partial charge in [0.1, 0.15) is 0 Å². The Kier molecular flexibility index (Phi) is 8.04. The van der Waals surface area contributed by atoms with Crippen LogP contribution in [0.4, 0.5) is 5.13 Å². The molecule has 1 N–H and O–H groups in total. The second-order valence-corrected chi connectivity index (χ2v) is 9.00. The fourth-order valence-corrected chi connectivity index (χ4v) is 4.65. The van der Waals surface area contributed by atoms with Gasteiger partial charge in [0, 0.05) is 18.8 Å². The molecule has 2 rings (SSSR count). The number of methoxy groups -OCH3 is 1. The van der Waals surface area contributed by atoms with E-state index in [1.807, 2.05) is 0 Å². The Morgan fingerprint density at radius 1 is 1.48 bits per heavy atom. The van der Waals surface area contributed by atoms with Gasteiger partial charge in [-0.15, -0.1) is 10.2 Å². The number of nitrogens with zero attached hydrogens (tertiary/aromatic N) is 3. The molecule has 0 saturated carbocycles. The third-order valence-corrected chi connectivity index (χ3v) is 6.30. The van der Waals surface area contributed by atoms with Crippen molar-refractivity contribution in [3.8, 4) is 0 Å². The molecule has 1 aliphatic heterocycles. The molecule has 0 unspecified atom stereocenters. The predicted octanol–water partition coefficient (Wildman–Crippen LogP) is 2.68.